The number of rotatable bonds is 5. The van der Waals surface area contributed by atoms with Crippen molar-refractivity contribution in [3.8, 4) is 0 Å². The number of imidazole rings is 1. The van der Waals surface area contributed by atoms with Crippen molar-refractivity contribution in [1.82, 2.24) is 19.7 Å². The van der Waals surface area contributed by atoms with E-state index in [0.717, 1.165) is 16.8 Å². The second-order valence-electron chi connectivity index (χ2n) is 7.31. The zero-order chi connectivity index (χ0) is 19.3. The Morgan fingerprint density at radius 2 is 1.93 bits per heavy atom. The van der Waals surface area contributed by atoms with Crippen LogP contribution in [0.3, 0.4) is 0 Å². The van der Waals surface area contributed by atoms with Gasteiger partial charge in [-0.15, -0.1) is 0 Å². The summed E-state index contributed by atoms with van der Waals surface area (Å²) in [5, 5.41) is 10.3. The van der Waals surface area contributed by atoms with E-state index in [2.05, 4.69) is 20.5 Å². The number of aromatic nitrogens is 4. The van der Waals surface area contributed by atoms with Crippen molar-refractivity contribution in [3.05, 3.63) is 71.7 Å². The highest BCUT2D eigenvalue weighted by molar-refractivity contribution is 5.81. The molecule has 0 saturated heterocycles. The van der Waals surface area contributed by atoms with E-state index in [4.69, 9.17) is 0 Å². The Kier molecular flexibility index (Phi) is 3.89. The maximum Gasteiger partial charge on any atom is 0.152 e. The maximum atomic E-state index is 14.6. The maximum absolute atomic E-state index is 14.6. The number of hydrogen-bond acceptors (Lipinski definition) is 3. The molecular weight excluding hydrogens is 360 g/mol. The summed E-state index contributed by atoms with van der Waals surface area (Å²) in [5.41, 5.74) is 3.73. The molecular formula is C21H19F2N5. The number of anilines is 2. The first kappa shape index (κ1) is 16.9. The van der Waals surface area contributed by atoms with Crippen molar-refractivity contribution >= 4 is 22.5 Å². The van der Waals surface area contributed by atoms with Gasteiger partial charge in [-0.05, 0) is 43.5 Å². The molecule has 0 bridgehead atoms. The first-order valence-corrected chi connectivity index (χ1v) is 9.32. The van der Waals surface area contributed by atoms with Crippen LogP contribution in [0.5, 0.6) is 0 Å². The third-order valence-corrected chi connectivity index (χ3v) is 5.31. The summed E-state index contributed by atoms with van der Waals surface area (Å²) in [6, 6.07) is 11.4. The minimum Gasteiger partial charge on any atom is -0.336 e. The summed E-state index contributed by atoms with van der Waals surface area (Å²) >= 11 is 0. The highest BCUT2D eigenvalue weighted by Gasteiger charge is 2.25. The van der Waals surface area contributed by atoms with Crippen molar-refractivity contribution < 1.29 is 8.78 Å². The Balaban J connectivity index is 1.49. The van der Waals surface area contributed by atoms with Crippen LogP contribution in [0.2, 0.25) is 0 Å². The Morgan fingerprint density at radius 1 is 1.14 bits per heavy atom. The summed E-state index contributed by atoms with van der Waals surface area (Å²) in [5.74, 6) is 0.485. The second-order valence-corrected chi connectivity index (χ2v) is 7.31. The molecule has 0 radical (unpaired) electrons. The summed E-state index contributed by atoms with van der Waals surface area (Å²) in [4.78, 5) is 4.33. The molecule has 0 aliphatic heterocycles. The first-order valence-electron chi connectivity index (χ1n) is 9.32. The average Bonchev–Trinajstić information content (AvgIpc) is 3.30. The monoisotopic (exact) mass is 379 g/mol. The number of aromatic amines is 1. The second kappa shape index (κ2) is 6.44. The zero-order valence-corrected chi connectivity index (χ0v) is 15.3. The van der Waals surface area contributed by atoms with Crippen LogP contribution in [0.15, 0.2) is 48.8 Å². The molecule has 1 saturated carbocycles. The van der Waals surface area contributed by atoms with Gasteiger partial charge in [0.05, 0.1) is 29.1 Å². The molecule has 1 fully saturated rings. The lowest BCUT2D eigenvalue weighted by molar-refractivity contribution is 0.619. The lowest BCUT2D eigenvalue weighted by atomic mass is 10.1. The fourth-order valence-electron chi connectivity index (χ4n) is 3.50. The summed E-state index contributed by atoms with van der Waals surface area (Å²) in [6.07, 6.45) is 4.02. The van der Waals surface area contributed by atoms with Crippen LogP contribution in [-0.4, -0.2) is 19.7 Å². The van der Waals surface area contributed by atoms with Crippen LogP contribution in [-0.2, 0) is 0 Å². The van der Waals surface area contributed by atoms with E-state index in [0.29, 0.717) is 22.9 Å². The molecule has 1 atom stereocenters. The Labute approximate surface area is 160 Å². The van der Waals surface area contributed by atoms with E-state index in [1.807, 2.05) is 17.6 Å². The van der Waals surface area contributed by atoms with Crippen LogP contribution < -0.4 is 5.32 Å². The highest BCUT2D eigenvalue weighted by atomic mass is 19.1. The van der Waals surface area contributed by atoms with Gasteiger partial charge in [0.25, 0.3) is 0 Å². The molecule has 2 aromatic heterocycles. The van der Waals surface area contributed by atoms with E-state index >= 15 is 0 Å². The fourth-order valence-corrected chi connectivity index (χ4v) is 3.50. The lowest BCUT2D eigenvalue weighted by Gasteiger charge is -2.15. The number of halogens is 2. The van der Waals surface area contributed by atoms with Crippen molar-refractivity contribution in [2.45, 2.75) is 31.7 Å². The molecule has 142 valence electrons. The van der Waals surface area contributed by atoms with Crippen molar-refractivity contribution in [1.29, 1.82) is 0 Å². The van der Waals surface area contributed by atoms with Gasteiger partial charge in [-0.25, -0.2) is 13.8 Å². The molecule has 2 aromatic carbocycles. The Hall–Kier alpha value is -3.22. The average molecular weight is 379 g/mol. The fraction of sp³-hybridized carbons (Fsp3) is 0.238. The van der Waals surface area contributed by atoms with Gasteiger partial charge in [0, 0.05) is 23.7 Å². The van der Waals surface area contributed by atoms with Crippen LogP contribution in [0, 0.1) is 11.6 Å². The van der Waals surface area contributed by atoms with E-state index in [9.17, 15) is 8.78 Å². The van der Waals surface area contributed by atoms with Gasteiger partial charge in [-0.2, -0.15) is 5.10 Å². The SMILES string of the molecule is C[C@@H](c1ccc(F)cc1)n1cnc2cc(F)c(Nc3cc(C4CC4)[nH]n3)cc21. The number of fused-ring (bicyclic) bond motifs is 1. The number of hydrogen-bond donors (Lipinski definition) is 2. The molecule has 1 aliphatic carbocycles. The van der Waals surface area contributed by atoms with Crippen LogP contribution in [0.25, 0.3) is 11.0 Å². The van der Waals surface area contributed by atoms with Gasteiger partial charge >= 0.3 is 0 Å². The summed E-state index contributed by atoms with van der Waals surface area (Å²) in [7, 11) is 0. The standard InChI is InChI=1S/C21H19F2N5/c1-12(13-4-6-15(22)7-5-13)28-11-24-19-8-16(23)18(9-20(19)28)25-21-10-17(26-27-21)14-2-3-14/h4-12,14H,2-3H2,1H3,(H2,25,26,27)/t12-/m0/s1. The molecule has 7 heteroatoms. The molecule has 2 N–H and O–H groups in total. The van der Waals surface area contributed by atoms with Gasteiger partial charge < -0.3 is 9.88 Å². The number of nitrogens with zero attached hydrogens (tertiary/aromatic N) is 3. The molecule has 0 amide bonds. The van der Waals surface area contributed by atoms with E-state index in [1.54, 1.807) is 24.5 Å². The molecule has 2 heterocycles. The molecule has 5 nitrogen and oxygen atoms in total. The van der Waals surface area contributed by atoms with Gasteiger partial charge in [0.15, 0.2) is 5.82 Å². The topological polar surface area (TPSA) is 58.5 Å². The molecule has 0 spiro atoms. The number of H-pyrrole nitrogens is 1. The summed E-state index contributed by atoms with van der Waals surface area (Å²) < 4.78 is 29.7. The molecule has 5 rings (SSSR count). The lowest BCUT2D eigenvalue weighted by Crippen LogP contribution is -2.06. The van der Waals surface area contributed by atoms with Gasteiger partial charge in [0.2, 0.25) is 0 Å². The smallest absolute Gasteiger partial charge is 0.152 e. The van der Waals surface area contributed by atoms with Crippen molar-refractivity contribution in [2.75, 3.05) is 5.32 Å². The third kappa shape index (κ3) is 3.02. The minimum atomic E-state index is -0.386. The predicted molar refractivity (Wildman–Crippen MR) is 104 cm³/mol. The van der Waals surface area contributed by atoms with Crippen LogP contribution in [0.1, 0.15) is 43.0 Å². The van der Waals surface area contributed by atoms with Crippen molar-refractivity contribution in [2.24, 2.45) is 0 Å². The van der Waals surface area contributed by atoms with E-state index < -0.39 is 0 Å². The first-order chi connectivity index (χ1) is 13.6. The molecule has 4 aromatic rings. The Bertz CT molecular complexity index is 1140. The quantitative estimate of drug-likeness (QED) is 0.497. The van der Waals surface area contributed by atoms with Crippen LogP contribution in [0.4, 0.5) is 20.3 Å². The predicted octanol–water partition coefficient (Wildman–Crippen LogP) is 5.27. The van der Waals surface area contributed by atoms with E-state index in [1.165, 1.54) is 31.0 Å². The zero-order valence-electron chi connectivity index (χ0n) is 15.3. The highest BCUT2D eigenvalue weighted by Crippen LogP contribution is 2.40. The van der Waals surface area contributed by atoms with Crippen molar-refractivity contribution in [3.63, 3.8) is 0 Å². The van der Waals surface area contributed by atoms with Crippen LogP contribution >= 0.6 is 0 Å². The number of benzene rings is 2. The molecule has 0 unspecified atom stereocenters. The Morgan fingerprint density at radius 3 is 2.68 bits per heavy atom. The van der Waals surface area contributed by atoms with E-state index in [-0.39, 0.29) is 17.7 Å². The van der Waals surface area contributed by atoms with Gasteiger partial charge in [-0.1, -0.05) is 12.1 Å². The molecule has 1 aliphatic rings. The third-order valence-electron chi connectivity index (χ3n) is 5.31. The largest absolute Gasteiger partial charge is 0.336 e. The van der Waals surface area contributed by atoms with Gasteiger partial charge in [-0.3, -0.25) is 5.10 Å². The summed E-state index contributed by atoms with van der Waals surface area (Å²) in [6.45, 7) is 2.00. The minimum absolute atomic E-state index is 0.0734. The number of nitrogens with one attached hydrogen (secondary N) is 2. The normalized spacial score (nSPS) is 15.1. The van der Waals surface area contributed by atoms with Gasteiger partial charge in [0.1, 0.15) is 11.6 Å². The molecule has 28 heavy (non-hydrogen) atoms.